The van der Waals surface area contributed by atoms with Gasteiger partial charge in [-0.25, -0.2) is 0 Å². The highest BCUT2D eigenvalue weighted by atomic mass is 79.9. The molecule has 0 fully saturated rings. The standard InChI is InChI=1S/C21H23Br2N3O4S/c1-3-4-9-29-18-8-5-14(11-17(18)23)20(28)24-21(31)26-25-19(27)12-30-15-6-7-16(22)13(2)10-15/h5-8,10-11H,3-4,9,12H2,1-2H3,(H,25,27)(H2,24,26,28,31). The molecule has 0 radical (unpaired) electrons. The van der Waals surface area contributed by atoms with E-state index >= 15 is 0 Å². The van der Waals surface area contributed by atoms with Crippen molar-refractivity contribution >= 4 is 61.0 Å². The van der Waals surface area contributed by atoms with Crippen LogP contribution in [0.3, 0.4) is 0 Å². The van der Waals surface area contributed by atoms with E-state index in [0.717, 1.165) is 22.9 Å². The van der Waals surface area contributed by atoms with E-state index < -0.39 is 11.8 Å². The molecule has 0 aliphatic heterocycles. The highest BCUT2D eigenvalue weighted by Crippen LogP contribution is 2.26. The number of hydrogen-bond acceptors (Lipinski definition) is 5. The number of rotatable bonds is 8. The summed E-state index contributed by atoms with van der Waals surface area (Å²) in [5.74, 6) is 0.362. The molecule has 2 aromatic rings. The minimum absolute atomic E-state index is 0.0442. The molecule has 2 rings (SSSR count). The number of amides is 2. The van der Waals surface area contributed by atoms with E-state index in [4.69, 9.17) is 21.7 Å². The molecule has 31 heavy (non-hydrogen) atoms. The van der Waals surface area contributed by atoms with Gasteiger partial charge in [0.1, 0.15) is 11.5 Å². The maximum atomic E-state index is 12.4. The molecule has 0 unspecified atom stereocenters. The van der Waals surface area contributed by atoms with Crippen LogP contribution < -0.4 is 25.6 Å². The van der Waals surface area contributed by atoms with Gasteiger partial charge < -0.3 is 9.47 Å². The van der Waals surface area contributed by atoms with Crippen LogP contribution in [0.2, 0.25) is 0 Å². The Balaban J connectivity index is 1.77. The predicted molar refractivity (Wildman–Crippen MR) is 130 cm³/mol. The highest BCUT2D eigenvalue weighted by Gasteiger charge is 2.12. The van der Waals surface area contributed by atoms with Crippen LogP contribution in [-0.4, -0.2) is 30.1 Å². The van der Waals surface area contributed by atoms with Crippen LogP contribution in [0.4, 0.5) is 0 Å². The molecule has 10 heteroatoms. The van der Waals surface area contributed by atoms with Gasteiger partial charge in [0.05, 0.1) is 11.1 Å². The first kappa shape index (κ1) is 25.1. The summed E-state index contributed by atoms with van der Waals surface area (Å²) >= 11 is 11.9. The quantitative estimate of drug-likeness (QED) is 0.247. The Kier molecular flexibility index (Phi) is 10.2. The molecule has 166 valence electrons. The second kappa shape index (κ2) is 12.6. The summed E-state index contributed by atoms with van der Waals surface area (Å²) in [6.07, 6.45) is 1.99. The lowest BCUT2D eigenvalue weighted by Crippen LogP contribution is -2.49. The number of carbonyl (C=O) groups excluding carboxylic acids is 2. The van der Waals surface area contributed by atoms with E-state index in [0.29, 0.717) is 28.1 Å². The molecule has 7 nitrogen and oxygen atoms in total. The lowest BCUT2D eigenvalue weighted by atomic mass is 10.2. The lowest BCUT2D eigenvalue weighted by molar-refractivity contribution is -0.123. The van der Waals surface area contributed by atoms with Gasteiger partial charge in [-0.3, -0.25) is 25.8 Å². The van der Waals surface area contributed by atoms with Crippen LogP contribution >= 0.6 is 44.1 Å². The third-order valence-corrected chi connectivity index (χ3v) is 5.70. The van der Waals surface area contributed by atoms with Gasteiger partial charge in [-0.15, -0.1) is 0 Å². The fraction of sp³-hybridized carbons (Fsp3) is 0.286. The number of unbranched alkanes of at least 4 members (excludes halogenated alkanes) is 1. The molecule has 0 spiro atoms. The summed E-state index contributed by atoms with van der Waals surface area (Å²) in [6, 6.07) is 10.4. The number of ether oxygens (including phenoxy) is 2. The first-order chi connectivity index (χ1) is 14.8. The van der Waals surface area contributed by atoms with E-state index in [-0.39, 0.29) is 11.7 Å². The van der Waals surface area contributed by atoms with E-state index in [1.54, 1.807) is 24.3 Å². The summed E-state index contributed by atoms with van der Waals surface area (Å²) in [6.45, 7) is 4.41. The molecular formula is C21H23Br2N3O4S. The number of nitrogens with one attached hydrogen (secondary N) is 3. The molecule has 3 N–H and O–H groups in total. The molecule has 0 atom stereocenters. The Morgan fingerprint density at radius 2 is 1.81 bits per heavy atom. The number of halogens is 2. The molecule has 0 bridgehead atoms. The van der Waals surface area contributed by atoms with Crippen molar-refractivity contribution in [3.63, 3.8) is 0 Å². The summed E-state index contributed by atoms with van der Waals surface area (Å²) < 4.78 is 12.7. The molecule has 0 aliphatic rings. The molecule has 0 aliphatic carbocycles. The molecule has 0 heterocycles. The first-order valence-electron chi connectivity index (χ1n) is 9.51. The first-order valence-corrected chi connectivity index (χ1v) is 11.5. The van der Waals surface area contributed by atoms with Crippen LogP contribution in [0.15, 0.2) is 45.3 Å². The Bertz CT molecular complexity index is 956. The average Bonchev–Trinajstić information content (AvgIpc) is 2.74. The van der Waals surface area contributed by atoms with Crippen molar-refractivity contribution in [2.75, 3.05) is 13.2 Å². The van der Waals surface area contributed by atoms with E-state index in [1.165, 1.54) is 0 Å². The number of aryl methyl sites for hydroxylation is 1. The van der Waals surface area contributed by atoms with Gasteiger partial charge in [0, 0.05) is 10.0 Å². The summed E-state index contributed by atoms with van der Waals surface area (Å²) in [4.78, 5) is 24.3. The number of benzene rings is 2. The molecular weight excluding hydrogens is 550 g/mol. The molecule has 2 aromatic carbocycles. The van der Waals surface area contributed by atoms with Crippen molar-refractivity contribution in [3.05, 3.63) is 56.5 Å². The zero-order valence-electron chi connectivity index (χ0n) is 17.1. The maximum absolute atomic E-state index is 12.4. The SMILES string of the molecule is CCCCOc1ccc(C(=O)NC(=S)NNC(=O)COc2ccc(Br)c(C)c2)cc1Br. The molecule has 0 saturated heterocycles. The fourth-order valence-electron chi connectivity index (χ4n) is 2.31. The monoisotopic (exact) mass is 571 g/mol. The molecule has 0 saturated carbocycles. The second-order valence-electron chi connectivity index (χ2n) is 6.50. The highest BCUT2D eigenvalue weighted by molar-refractivity contribution is 9.10. The Morgan fingerprint density at radius 1 is 1.03 bits per heavy atom. The zero-order chi connectivity index (χ0) is 22.8. The van der Waals surface area contributed by atoms with Crippen molar-refractivity contribution < 1.29 is 19.1 Å². The van der Waals surface area contributed by atoms with Crippen LogP contribution in [0.1, 0.15) is 35.7 Å². The van der Waals surface area contributed by atoms with Crippen molar-refractivity contribution in [2.45, 2.75) is 26.7 Å². The van der Waals surface area contributed by atoms with Crippen LogP contribution in [0.5, 0.6) is 11.5 Å². The van der Waals surface area contributed by atoms with Gasteiger partial charge in [-0.2, -0.15) is 0 Å². The fourth-order valence-corrected chi connectivity index (χ4v) is 3.19. The lowest BCUT2D eigenvalue weighted by Gasteiger charge is -2.12. The van der Waals surface area contributed by atoms with Crippen molar-refractivity contribution in [3.8, 4) is 11.5 Å². The zero-order valence-corrected chi connectivity index (χ0v) is 21.1. The number of hydrazine groups is 1. The minimum Gasteiger partial charge on any atom is -0.492 e. The molecule has 2 amide bonds. The van der Waals surface area contributed by atoms with Gasteiger partial charge in [-0.1, -0.05) is 29.3 Å². The Hall–Kier alpha value is -2.17. The molecule has 0 aromatic heterocycles. The van der Waals surface area contributed by atoms with Gasteiger partial charge in [-0.05, 0) is 83.5 Å². The van der Waals surface area contributed by atoms with Crippen molar-refractivity contribution in [1.82, 2.24) is 16.2 Å². The minimum atomic E-state index is -0.450. The number of carbonyl (C=O) groups is 2. The van der Waals surface area contributed by atoms with Crippen LogP contribution in [0.25, 0.3) is 0 Å². The van der Waals surface area contributed by atoms with Gasteiger partial charge in [0.2, 0.25) is 0 Å². The van der Waals surface area contributed by atoms with Crippen molar-refractivity contribution in [1.29, 1.82) is 0 Å². The Labute approximate surface area is 203 Å². The predicted octanol–water partition coefficient (Wildman–Crippen LogP) is 4.41. The largest absolute Gasteiger partial charge is 0.492 e. The topological polar surface area (TPSA) is 88.7 Å². The second-order valence-corrected chi connectivity index (χ2v) is 8.62. The third kappa shape index (κ3) is 8.47. The smallest absolute Gasteiger partial charge is 0.276 e. The number of hydrogen-bond donors (Lipinski definition) is 3. The van der Waals surface area contributed by atoms with Gasteiger partial charge >= 0.3 is 0 Å². The normalized spacial score (nSPS) is 10.2. The van der Waals surface area contributed by atoms with Gasteiger partial charge in [0.25, 0.3) is 11.8 Å². The Morgan fingerprint density at radius 3 is 2.48 bits per heavy atom. The van der Waals surface area contributed by atoms with Gasteiger partial charge in [0.15, 0.2) is 11.7 Å². The third-order valence-electron chi connectivity index (χ3n) is 3.99. The summed E-state index contributed by atoms with van der Waals surface area (Å²) in [5, 5.41) is 2.45. The number of thiocarbonyl (C=S) groups is 1. The van der Waals surface area contributed by atoms with Crippen molar-refractivity contribution in [2.24, 2.45) is 0 Å². The van der Waals surface area contributed by atoms with Crippen LogP contribution in [-0.2, 0) is 4.79 Å². The van der Waals surface area contributed by atoms with Crippen LogP contribution in [0, 0.1) is 6.92 Å². The average molecular weight is 573 g/mol. The summed E-state index contributed by atoms with van der Waals surface area (Å²) in [7, 11) is 0. The van der Waals surface area contributed by atoms with E-state index in [9.17, 15) is 9.59 Å². The maximum Gasteiger partial charge on any atom is 0.276 e. The summed E-state index contributed by atoms with van der Waals surface area (Å²) in [5.41, 5.74) is 6.23. The van der Waals surface area contributed by atoms with E-state index in [2.05, 4.69) is 55.0 Å². The van der Waals surface area contributed by atoms with E-state index in [1.807, 2.05) is 19.1 Å².